The average Bonchev–Trinajstić information content (AvgIpc) is 2.35. The number of nitrogens with one attached hydrogen (secondary N) is 1. The molecule has 1 rings (SSSR count). The van der Waals surface area contributed by atoms with E-state index in [1.165, 1.54) is 12.8 Å². The molecule has 1 N–H and O–H groups in total. The van der Waals surface area contributed by atoms with Crippen molar-refractivity contribution in [2.45, 2.75) is 51.2 Å². The first kappa shape index (κ1) is 14.7. The summed E-state index contributed by atoms with van der Waals surface area (Å²) in [6.07, 6.45) is 7.98. The van der Waals surface area contributed by atoms with Gasteiger partial charge in [0.25, 0.3) is 0 Å². The van der Waals surface area contributed by atoms with Gasteiger partial charge >= 0.3 is 0 Å². The van der Waals surface area contributed by atoms with Crippen LogP contribution in [-0.4, -0.2) is 38.5 Å². The molecule has 100 valence electrons. The van der Waals surface area contributed by atoms with Crippen molar-refractivity contribution in [3.8, 4) is 0 Å². The Morgan fingerprint density at radius 1 is 1.47 bits per heavy atom. The van der Waals surface area contributed by atoms with Crippen LogP contribution in [0.1, 0.15) is 39.0 Å². The minimum atomic E-state index is 0.466. The van der Waals surface area contributed by atoms with Gasteiger partial charge in [0.1, 0.15) is 0 Å². The van der Waals surface area contributed by atoms with Crippen LogP contribution in [0.2, 0.25) is 0 Å². The first-order chi connectivity index (χ1) is 8.36. The number of hydrogen-bond acceptors (Lipinski definition) is 3. The molecule has 17 heavy (non-hydrogen) atoms. The molecule has 1 aliphatic heterocycles. The van der Waals surface area contributed by atoms with Crippen LogP contribution in [0.15, 0.2) is 12.7 Å². The lowest BCUT2D eigenvalue weighted by Crippen LogP contribution is -2.40. The maximum Gasteiger partial charge on any atom is 0.0591 e. The zero-order valence-corrected chi connectivity index (χ0v) is 11.1. The van der Waals surface area contributed by atoms with Gasteiger partial charge in [-0.15, -0.1) is 6.58 Å². The second kappa shape index (κ2) is 9.63. The van der Waals surface area contributed by atoms with Crippen LogP contribution in [0, 0.1) is 0 Å². The Morgan fingerprint density at radius 2 is 2.35 bits per heavy atom. The molecule has 0 aromatic rings. The van der Waals surface area contributed by atoms with Crippen LogP contribution in [0.25, 0.3) is 0 Å². The van der Waals surface area contributed by atoms with Crippen molar-refractivity contribution in [1.29, 1.82) is 0 Å². The average molecular weight is 241 g/mol. The highest BCUT2D eigenvalue weighted by Gasteiger charge is 2.20. The molecule has 3 heteroatoms. The number of ether oxygens (including phenoxy) is 2. The monoisotopic (exact) mass is 241 g/mol. The van der Waals surface area contributed by atoms with Crippen LogP contribution >= 0.6 is 0 Å². The fourth-order valence-corrected chi connectivity index (χ4v) is 2.19. The Hall–Kier alpha value is -0.380. The van der Waals surface area contributed by atoms with Crippen molar-refractivity contribution in [1.82, 2.24) is 5.32 Å². The van der Waals surface area contributed by atoms with Crippen LogP contribution in [-0.2, 0) is 9.47 Å². The van der Waals surface area contributed by atoms with E-state index in [1.807, 2.05) is 6.08 Å². The lowest BCUT2D eigenvalue weighted by molar-refractivity contribution is -0.00434. The zero-order chi connectivity index (χ0) is 12.3. The Labute approximate surface area is 106 Å². The summed E-state index contributed by atoms with van der Waals surface area (Å²) in [4.78, 5) is 0. The predicted octanol–water partition coefficient (Wildman–Crippen LogP) is 2.52. The summed E-state index contributed by atoms with van der Waals surface area (Å²) in [5.41, 5.74) is 0. The zero-order valence-electron chi connectivity index (χ0n) is 11.1. The summed E-state index contributed by atoms with van der Waals surface area (Å²) in [7, 11) is 0. The molecule has 0 amide bonds. The van der Waals surface area contributed by atoms with Crippen molar-refractivity contribution >= 4 is 0 Å². The normalized spacial score (nSPS) is 24.8. The van der Waals surface area contributed by atoms with Crippen LogP contribution in [0.4, 0.5) is 0 Å². The molecule has 1 fully saturated rings. The summed E-state index contributed by atoms with van der Waals surface area (Å²) < 4.78 is 11.2. The van der Waals surface area contributed by atoms with Crippen LogP contribution in [0.5, 0.6) is 0 Å². The summed E-state index contributed by atoms with van der Waals surface area (Å²) in [5.74, 6) is 0. The highest BCUT2D eigenvalue weighted by molar-refractivity contribution is 4.76. The van der Waals surface area contributed by atoms with Gasteiger partial charge in [-0.05, 0) is 25.7 Å². The van der Waals surface area contributed by atoms with E-state index in [1.54, 1.807) is 0 Å². The summed E-state index contributed by atoms with van der Waals surface area (Å²) >= 11 is 0. The van der Waals surface area contributed by atoms with Gasteiger partial charge in [-0.3, -0.25) is 0 Å². The smallest absolute Gasteiger partial charge is 0.0591 e. The molecule has 0 spiro atoms. The third-order valence-electron chi connectivity index (χ3n) is 3.12. The van der Waals surface area contributed by atoms with Crippen molar-refractivity contribution in [3.05, 3.63) is 12.7 Å². The van der Waals surface area contributed by atoms with E-state index in [0.29, 0.717) is 12.1 Å². The van der Waals surface area contributed by atoms with Crippen molar-refractivity contribution < 1.29 is 9.47 Å². The van der Waals surface area contributed by atoms with Crippen LogP contribution < -0.4 is 5.32 Å². The Morgan fingerprint density at radius 3 is 3.12 bits per heavy atom. The van der Waals surface area contributed by atoms with E-state index < -0.39 is 0 Å². The third kappa shape index (κ3) is 6.81. The van der Waals surface area contributed by atoms with Crippen LogP contribution in [0.3, 0.4) is 0 Å². The molecule has 0 aromatic carbocycles. The van der Waals surface area contributed by atoms with Gasteiger partial charge in [0.15, 0.2) is 0 Å². The molecular weight excluding hydrogens is 214 g/mol. The fourth-order valence-electron chi connectivity index (χ4n) is 2.19. The molecule has 1 heterocycles. The molecular formula is C14H27NO2. The van der Waals surface area contributed by atoms with E-state index in [2.05, 4.69) is 18.8 Å². The third-order valence-corrected chi connectivity index (χ3v) is 3.12. The van der Waals surface area contributed by atoms with E-state index in [-0.39, 0.29) is 0 Å². The van der Waals surface area contributed by atoms with E-state index in [9.17, 15) is 0 Å². The van der Waals surface area contributed by atoms with Crippen molar-refractivity contribution in [3.63, 3.8) is 0 Å². The predicted molar refractivity (Wildman–Crippen MR) is 71.3 cm³/mol. The Bertz CT molecular complexity index is 195. The van der Waals surface area contributed by atoms with E-state index >= 15 is 0 Å². The first-order valence-corrected chi connectivity index (χ1v) is 6.90. The second-order valence-electron chi connectivity index (χ2n) is 4.65. The lowest BCUT2D eigenvalue weighted by atomic mass is 10.0. The van der Waals surface area contributed by atoms with Gasteiger partial charge in [-0.2, -0.15) is 0 Å². The van der Waals surface area contributed by atoms with Gasteiger partial charge in [0.2, 0.25) is 0 Å². The molecule has 0 bridgehead atoms. The van der Waals surface area contributed by atoms with E-state index in [4.69, 9.17) is 9.47 Å². The number of hydrogen-bond donors (Lipinski definition) is 1. The van der Waals surface area contributed by atoms with Gasteiger partial charge < -0.3 is 14.8 Å². The molecule has 0 aromatic heterocycles. The van der Waals surface area contributed by atoms with E-state index in [0.717, 1.165) is 45.6 Å². The van der Waals surface area contributed by atoms with Gasteiger partial charge in [0, 0.05) is 19.2 Å². The quantitative estimate of drug-likeness (QED) is 0.497. The summed E-state index contributed by atoms with van der Waals surface area (Å²) in [5, 5.41) is 3.56. The topological polar surface area (TPSA) is 30.5 Å². The SMILES string of the molecule is C=CCCOCCNC1CCOC(CCC)C1. The highest BCUT2D eigenvalue weighted by Crippen LogP contribution is 2.17. The highest BCUT2D eigenvalue weighted by atomic mass is 16.5. The second-order valence-corrected chi connectivity index (χ2v) is 4.65. The molecule has 1 aliphatic rings. The van der Waals surface area contributed by atoms with Crippen molar-refractivity contribution in [2.75, 3.05) is 26.4 Å². The summed E-state index contributed by atoms with van der Waals surface area (Å²) in [6, 6.07) is 0.614. The van der Waals surface area contributed by atoms with Gasteiger partial charge in [-0.25, -0.2) is 0 Å². The molecule has 2 unspecified atom stereocenters. The maximum absolute atomic E-state index is 5.73. The molecule has 0 saturated carbocycles. The number of rotatable bonds is 9. The van der Waals surface area contributed by atoms with Gasteiger partial charge in [-0.1, -0.05) is 19.4 Å². The molecule has 0 radical (unpaired) electrons. The standard InChI is InChI=1S/C14H27NO2/c1-3-5-9-16-11-8-15-13-7-10-17-14(12-13)6-4-2/h3,13-15H,1,4-12H2,2H3. The first-order valence-electron chi connectivity index (χ1n) is 6.90. The van der Waals surface area contributed by atoms with Crippen molar-refractivity contribution in [2.24, 2.45) is 0 Å². The molecule has 2 atom stereocenters. The maximum atomic E-state index is 5.73. The summed E-state index contributed by atoms with van der Waals surface area (Å²) in [6.45, 7) is 9.32. The molecule has 0 aliphatic carbocycles. The molecule has 1 saturated heterocycles. The molecule has 3 nitrogen and oxygen atoms in total. The lowest BCUT2D eigenvalue weighted by Gasteiger charge is -2.30. The Balaban J connectivity index is 2.00. The fraction of sp³-hybridized carbons (Fsp3) is 0.857. The minimum absolute atomic E-state index is 0.466. The largest absolute Gasteiger partial charge is 0.380 e. The Kier molecular flexibility index (Phi) is 8.32. The minimum Gasteiger partial charge on any atom is -0.380 e. The van der Waals surface area contributed by atoms with Gasteiger partial charge in [0.05, 0.1) is 19.3 Å².